The number of halogens is 2. The van der Waals surface area contributed by atoms with Gasteiger partial charge in [0.15, 0.2) is 0 Å². The Morgan fingerprint density at radius 1 is 1.35 bits per heavy atom. The van der Waals surface area contributed by atoms with Gasteiger partial charge < -0.3 is 5.73 Å². The smallest absolute Gasteiger partial charge is 0.243 e. The highest BCUT2D eigenvalue weighted by molar-refractivity contribution is 7.89. The summed E-state index contributed by atoms with van der Waals surface area (Å²) in [5, 5.41) is 3.91. The lowest BCUT2D eigenvalue weighted by molar-refractivity contribution is 0.581. The van der Waals surface area contributed by atoms with E-state index < -0.39 is 10.0 Å². The quantitative estimate of drug-likeness (QED) is 0.834. The van der Waals surface area contributed by atoms with Crippen LogP contribution in [0.25, 0.3) is 0 Å². The van der Waals surface area contributed by atoms with Gasteiger partial charge in [0.25, 0.3) is 0 Å². The zero-order valence-electron chi connectivity index (χ0n) is 10.5. The Labute approximate surface area is 126 Å². The van der Waals surface area contributed by atoms with Crippen molar-refractivity contribution in [3.63, 3.8) is 0 Å². The number of nitrogens with two attached hydrogens (primary N) is 1. The number of rotatable bonds is 4. The summed E-state index contributed by atoms with van der Waals surface area (Å²) in [5.41, 5.74) is 6.56. The Balaban J connectivity index is 2.27. The maximum Gasteiger partial charge on any atom is 0.243 e. The Morgan fingerprint density at radius 3 is 2.45 bits per heavy atom. The standard InChI is InChI=1S/C11H12Cl2N4O2S/c1-17-6-7(4-15-17)5-16-20(18,19)11-9(12)2-8(14)3-10(11)13/h2-4,6,16H,5,14H2,1H3. The van der Waals surface area contributed by atoms with Gasteiger partial charge in [-0.05, 0) is 12.1 Å². The Bertz CT molecular complexity index is 720. The molecule has 108 valence electrons. The van der Waals surface area contributed by atoms with Crippen molar-refractivity contribution >= 4 is 38.9 Å². The molecule has 2 rings (SSSR count). The third-order valence-electron chi connectivity index (χ3n) is 2.51. The van der Waals surface area contributed by atoms with Gasteiger partial charge in [-0.3, -0.25) is 4.68 Å². The van der Waals surface area contributed by atoms with Crippen LogP contribution in [-0.2, 0) is 23.6 Å². The second-order valence-corrected chi connectivity index (χ2v) is 6.68. The molecular formula is C11H12Cl2N4O2S. The molecule has 0 fully saturated rings. The predicted molar refractivity (Wildman–Crippen MR) is 78.1 cm³/mol. The number of nitrogen functional groups attached to an aromatic ring is 1. The van der Waals surface area contributed by atoms with Crippen LogP contribution in [0.3, 0.4) is 0 Å². The number of aryl methyl sites for hydroxylation is 1. The van der Waals surface area contributed by atoms with Crippen LogP contribution in [0.15, 0.2) is 29.4 Å². The molecule has 0 radical (unpaired) electrons. The van der Waals surface area contributed by atoms with E-state index in [1.807, 2.05) is 0 Å². The lowest BCUT2D eigenvalue weighted by atomic mass is 10.3. The summed E-state index contributed by atoms with van der Waals surface area (Å²) in [6, 6.07) is 2.68. The topological polar surface area (TPSA) is 90.0 Å². The summed E-state index contributed by atoms with van der Waals surface area (Å²) in [7, 11) is -2.09. The van der Waals surface area contributed by atoms with Gasteiger partial charge in [0.05, 0.1) is 16.2 Å². The summed E-state index contributed by atoms with van der Waals surface area (Å²) in [6.45, 7) is 0.0905. The summed E-state index contributed by atoms with van der Waals surface area (Å²) in [4.78, 5) is -0.182. The molecule has 0 amide bonds. The molecule has 0 spiro atoms. The van der Waals surface area contributed by atoms with E-state index in [1.165, 1.54) is 12.1 Å². The second kappa shape index (κ2) is 5.61. The summed E-state index contributed by atoms with van der Waals surface area (Å²) >= 11 is 11.8. The Kier molecular flexibility index (Phi) is 4.24. The highest BCUT2D eigenvalue weighted by atomic mass is 35.5. The fourth-order valence-electron chi connectivity index (χ4n) is 1.65. The predicted octanol–water partition coefficient (Wildman–Crippen LogP) is 1.79. The second-order valence-electron chi connectivity index (χ2n) is 4.16. The SMILES string of the molecule is Cn1cc(CNS(=O)(=O)c2c(Cl)cc(N)cc2Cl)cn1. The van der Waals surface area contributed by atoms with Crippen LogP contribution in [0.2, 0.25) is 10.0 Å². The number of benzene rings is 1. The number of hydrogen-bond donors (Lipinski definition) is 2. The van der Waals surface area contributed by atoms with Crippen molar-refractivity contribution < 1.29 is 8.42 Å². The molecule has 1 heterocycles. The Morgan fingerprint density at radius 2 is 1.95 bits per heavy atom. The van der Waals surface area contributed by atoms with Gasteiger partial charge in [-0.2, -0.15) is 5.10 Å². The maximum atomic E-state index is 12.2. The largest absolute Gasteiger partial charge is 0.399 e. The highest BCUT2D eigenvalue weighted by Crippen LogP contribution is 2.31. The first-order valence-corrected chi connectivity index (χ1v) is 7.75. The lowest BCUT2D eigenvalue weighted by Gasteiger charge is -2.10. The number of aromatic nitrogens is 2. The maximum absolute atomic E-state index is 12.2. The monoisotopic (exact) mass is 334 g/mol. The van der Waals surface area contributed by atoms with Crippen LogP contribution in [0.4, 0.5) is 5.69 Å². The molecule has 2 aromatic rings. The van der Waals surface area contributed by atoms with Crippen LogP contribution < -0.4 is 10.5 Å². The van der Waals surface area contributed by atoms with Crippen molar-refractivity contribution in [1.29, 1.82) is 0 Å². The van der Waals surface area contributed by atoms with E-state index in [0.29, 0.717) is 5.69 Å². The number of anilines is 1. The van der Waals surface area contributed by atoms with Crippen molar-refractivity contribution in [3.8, 4) is 0 Å². The van der Waals surface area contributed by atoms with E-state index in [0.717, 1.165) is 5.56 Å². The van der Waals surface area contributed by atoms with Crippen molar-refractivity contribution in [2.75, 3.05) is 5.73 Å². The molecular weight excluding hydrogens is 323 g/mol. The molecule has 1 aromatic carbocycles. The van der Waals surface area contributed by atoms with Crippen LogP contribution in [-0.4, -0.2) is 18.2 Å². The van der Waals surface area contributed by atoms with Gasteiger partial charge in [0.1, 0.15) is 4.90 Å². The van der Waals surface area contributed by atoms with Crippen molar-refractivity contribution in [1.82, 2.24) is 14.5 Å². The van der Waals surface area contributed by atoms with Crippen LogP contribution in [0.5, 0.6) is 0 Å². The van der Waals surface area contributed by atoms with Gasteiger partial charge in [-0.25, -0.2) is 13.1 Å². The third kappa shape index (κ3) is 3.24. The molecule has 0 atom stereocenters. The van der Waals surface area contributed by atoms with Crippen molar-refractivity contribution in [2.45, 2.75) is 11.4 Å². The normalized spacial score (nSPS) is 11.8. The molecule has 0 saturated heterocycles. The molecule has 0 bridgehead atoms. The van der Waals surface area contributed by atoms with E-state index >= 15 is 0 Å². The van der Waals surface area contributed by atoms with Gasteiger partial charge in [-0.15, -0.1) is 0 Å². The molecule has 0 aliphatic heterocycles. The van der Waals surface area contributed by atoms with Crippen molar-refractivity contribution in [3.05, 3.63) is 40.1 Å². The molecule has 0 aliphatic rings. The molecule has 0 unspecified atom stereocenters. The molecule has 0 aliphatic carbocycles. The number of nitrogens with one attached hydrogen (secondary N) is 1. The van der Waals surface area contributed by atoms with Crippen molar-refractivity contribution in [2.24, 2.45) is 7.05 Å². The first-order valence-electron chi connectivity index (χ1n) is 5.51. The van der Waals surface area contributed by atoms with E-state index in [4.69, 9.17) is 28.9 Å². The molecule has 9 heteroatoms. The van der Waals surface area contributed by atoms with Crippen LogP contribution >= 0.6 is 23.2 Å². The molecule has 6 nitrogen and oxygen atoms in total. The summed E-state index contributed by atoms with van der Waals surface area (Å²) in [5.74, 6) is 0. The molecule has 1 aromatic heterocycles. The van der Waals surface area contributed by atoms with E-state index in [9.17, 15) is 8.42 Å². The lowest BCUT2D eigenvalue weighted by Crippen LogP contribution is -2.23. The molecule has 20 heavy (non-hydrogen) atoms. The van der Waals surface area contributed by atoms with Crippen LogP contribution in [0, 0.1) is 0 Å². The highest BCUT2D eigenvalue weighted by Gasteiger charge is 2.22. The number of sulfonamides is 1. The number of hydrogen-bond acceptors (Lipinski definition) is 4. The van der Waals surface area contributed by atoms with Gasteiger partial charge in [-0.1, -0.05) is 23.2 Å². The fraction of sp³-hybridized carbons (Fsp3) is 0.182. The van der Waals surface area contributed by atoms with E-state index in [-0.39, 0.29) is 21.5 Å². The third-order valence-corrected chi connectivity index (χ3v) is 4.84. The minimum atomic E-state index is -3.83. The van der Waals surface area contributed by atoms with Gasteiger partial charge >= 0.3 is 0 Å². The van der Waals surface area contributed by atoms with Gasteiger partial charge in [0.2, 0.25) is 10.0 Å². The molecule has 3 N–H and O–H groups in total. The van der Waals surface area contributed by atoms with E-state index in [2.05, 4.69) is 9.82 Å². The first-order chi connectivity index (χ1) is 9.29. The van der Waals surface area contributed by atoms with Crippen LogP contribution in [0.1, 0.15) is 5.56 Å². The minimum Gasteiger partial charge on any atom is -0.399 e. The molecule has 0 saturated carbocycles. The zero-order valence-corrected chi connectivity index (χ0v) is 12.8. The van der Waals surface area contributed by atoms with E-state index in [1.54, 1.807) is 24.1 Å². The van der Waals surface area contributed by atoms with Gasteiger partial charge in [0, 0.05) is 31.0 Å². The minimum absolute atomic E-state index is 0.0197. The average Bonchev–Trinajstić information content (AvgIpc) is 2.71. The number of nitrogens with zero attached hydrogens (tertiary/aromatic N) is 2. The zero-order chi connectivity index (χ0) is 14.9. The first kappa shape index (κ1) is 15.1. The summed E-state index contributed by atoms with van der Waals surface area (Å²) in [6.07, 6.45) is 3.27. The summed E-state index contributed by atoms with van der Waals surface area (Å²) < 4.78 is 28.4. The fourth-order valence-corrected chi connectivity index (χ4v) is 3.90. The average molecular weight is 335 g/mol. The Hall–Kier alpha value is -1.28.